The molecule has 0 saturated heterocycles. The Morgan fingerprint density at radius 2 is 2.45 bits per heavy atom. The summed E-state index contributed by atoms with van der Waals surface area (Å²) in [5.41, 5.74) is 0. The minimum Gasteiger partial charge on any atom is -0.480 e. The monoisotopic (exact) mass is 197 g/mol. The van der Waals surface area contributed by atoms with Gasteiger partial charge in [-0.05, 0) is 0 Å². The average Bonchev–Trinajstić information content (AvgIpc) is 2.33. The van der Waals surface area contributed by atoms with E-state index in [0.717, 1.165) is 0 Å². The lowest BCUT2D eigenvalue weighted by Crippen LogP contribution is -2.18. The number of nitrogens with zero attached hydrogens (tertiary/aromatic N) is 1. The number of alkyl halides is 2. The topological polar surface area (TPSA) is 58.9 Å². The van der Waals surface area contributed by atoms with Gasteiger partial charge in [-0.15, -0.1) is 0 Å². The lowest BCUT2D eigenvalue weighted by atomic mass is 10.3. The number of hydrogen-bond donors (Lipinski definition) is 1. The van der Waals surface area contributed by atoms with Crippen molar-refractivity contribution in [1.29, 1.82) is 0 Å². The van der Waals surface area contributed by atoms with E-state index in [-0.39, 0.29) is 12.5 Å². The molecular formula is C5H5Cl2NO3. The van der Waals surface area contributed by atoms with Crippen LogP contribution in [0.15, 0.2) is 4.99 Å². The van der Waals surface area contributed by atoms with E-state index in [0.29, 0.717) is 0 Å². The molecule has 1 atom stereocenters. The van der Waals surface area contributed by atoms with Gasteiger partial charge in [-0.2, -0.15) is 0 Å². The maximum atomic E-state index is 10.3. The Hall–Kier alpha value is -0.480. The molecule has 4 nitrogen and oxygen atoms in total. The van der Waals surface area contributed by atoms with Gasteiger partial charge in [0.25, 0.3) is 0 Å². The third-order valence-electron chi connectivity index (χ3n) is 1.14. The van der Waals surface area contributed by atoms with E-state index in [1.54, 1.807) is 0 Å². The largest absolute Gasteiger partial charge is 0.480 e. The van der Waals surface area contributed by atoms with Crippen molar-refractivity contribution in [3.8, 4) is 0 Å². The van der Waals surface area contributed by atoms with Crippen LogP contribution in [0.3, 0.4) is 0 Å². The molecule has 0 radical (unpaired) electrons. The van der Waals surface area contributed by atoms with Gasteiger partial charge >= 0.3 is 5.97 Å². The molecule has 11 heavy (non-hydrogen) atoms. The second-order valence-electron chi connectivity index (χ2n) is 1.93. The molecule has 1 heterocycles. The smallest absolute Gasteiger partial charge is 0.332 e. The van der Waals surface area contributed by atoms with Crippen molar-refractivity contribution in [3.63, 3.8) is 0 Å². The summed E-state index contributed by atoms with van der Waals surface area (Å²) < 4.78 is 4.79. The van der Waals surface area contributed by atoms with E-state index in [1.165, 1.54) is 0 Å². The minimum atomic E-state index is -1.03. The molecule has 0 aromatic heterocycles. The quantitative estimate of drug-likeness (QED) is 0.663. The molecule has 0 aromatic rings. The molecule has 0 saturated carbocycles. The van der Waals surface area contributed by atoms with Crippen LogP contribution in [0, 0.1) is 0 Å². The van der Waals surface area contributed by atoms with E-state index in [9.17, 15) is 4.79 Å². The Bertz CT molecular complexity index is 204. The Labute approximate surface area is 72.8 Å². The fraction of sp³-hybridized carbons (Fsp3) is 0.600. The van der Waals surface area contributed by atoms with Crippen LogP contribution in [-0.4, -0.2) is 34.5 Å². The molecule has 6 heteroatoms. The van der Waals surface area contributed by atoms with Crippen LogP contribution < -0.4 is 0 Å². The van der Waals surface area contributed by atoms with Gasteiger partial charge in [0.1, 0.15) is 6.61 Å². The lowest BCUT2D eigenvalue weighted by Gasteiger charge is -1.98. The van der Waals surface area contributed by atoms with Gasteiger partial charge in [-0.1, -0.05) is 23.2 Å². The highest BCUT2D eigenvalue weighted by Gasteiger charge is 2.27. The van der Waals surface area contributed by atoms with Crippen molar-refractivity contribution in [1.82, 2.24) is 0 Å². The summed E-state index contributed by atoms with van der Waals surface area (Å²) in [6.45, 7) is 0.0145. The number of aliphatic carboxylic acids is 1. The van der Waals surface area contributed by atoms with E-state index in [4.69, 9.17) is 33.0 Å². The Morgan fingerprint density at radius 3 is 2.73 bits per heavy atom. The van der Waals surface area contributed by atoms with E-state index < -0.39 is 16.8 Å². The molecule has 1 N–H and O–H groups in total. The van der Waals surface area contributed by atoms with Crippen LogP contribution in [0.25, 0.3) is 0 Å². The van der Waals surface area contributed by atoms with E-state index in [2.05, 4.69) is 4.99 Å². The first-order valence-corrected chi connectivity index (χ1v) is 3.70. The number of carboxylic acids is 1. The zero-order chi connectivity index (χ0) is 8.43. The minimum absolute atomic E-state index is 0.0145. The SMILES string of the molecule is O=C(O)C1COC(C(Cl)Cl)=N1. The summed E-state index contributed by atoms with van der Waals surface area (Å²) in [7, 11) is 0. The summed E-state index contributed by atoms with van der Waals surface area (Å²) >= 11 is 10.7. The standard InChI is InChI=1S/C5H5Cl2NO3/c6-3(7)4-8-2(1-11-4)5(9)10/h2-3H,1H2,(H,9,10). The van der Waals surface area contributed by atoms with Gasteiger partial charge in [0.05, 0.1) is 0 Å². The van der Waals surface area contributed by atoms with Crippen LogP contribution >= 0.6 is 23.2 Å². The number of ether oxygens (including phenoxy) is 1. The van der Waals surface area contributed by atoms with Crippen molar-refractivity contribution in [2.75, 3.05) is 6.61 Å². The van der Waals surface area contributed by atoms with Gasteiger partial charge in [0.2, 0.25) is 5.90 Å². The molecule has 0 bridgehead atoms. The predicted molar refractivity (Wildman–Crippen MR) is 40.3 cm³/mol. The third kappa shape index (κ3) is 1.97. The molecule has 1 aliphatic rings. The van der Waals surface area contributed by atoms with Crippen molar-refractivity contribution < 1.29 is 14.6 Å². The van der Waals surface area contributed by atoms with Crippen LogP contribution in [0.4, 0.5) is 0 Å². The number of carboxylic acid groups (broad SMARTS) is 1. The summed E-state index contributed by atoms with van der Waals surface area (Å²) in [6, 6.07) is -0.856. The van der Waals surface area contributed by atoms with E-state index in [1.807, 2.05) is 0 Å². The Morgan fingerprint density at radius 1 is 1.82 bits per heavy atom. The summed E-state index contributed by atoms with van der Waals surface area (Å²) in [5, 5.41) is 8.44. The molecule has 0 spiro atoms. The summed E-state index contributed by atoms with van der Waals surface area (Å²) in [5.74, 6) is -0.949. The maximum Gasteiger partial charge on any atom is 0.332 e. The Balaban J connectivity index is 2.61. The number of rotatable bonds is 2. The number of carbonyl (C=O) groups is 1. The number of aliphatic imine (C=N–C) groups is 1. The first-order valence-electron chi connectivity index (χ1n) is 2.82. The lowest BCUT2D eigenvalue weighted by molar-refractivity contribution is -0.138. The molecule has 0 fully saturated rings. The van der Waals surface area contributed by atoms with Gasteiger partial charge in [-0.3, -0.25) is 0 Å². The molecule has 1 unspecified atom stereocenters. The average molecular weight is 198 g/mol. The Kier molecular flexibility index (Phi) is 2.57. The molecule has 1 rings (SSSR count). The first kappa shape index (κ1) is 8.62. The number of hydrogen-bond acceptors (Lipinski definition) is 3. The van der Waals surface area contributed by atoms with Gasteiger partial charge in [0, 0.05) is 0 Å². The molecule has 0 aromatic carbocycles. The van der Waals surface area contributed by atoms with Crippen molar-refractivity contribution in [3.05, 3.63) is 0 Å². The van der Waals surface area contributed by atoms with Crippen molar-refractivity contribution >= 4 is 35.1 Å². The fourth-order valence-corrected chi connectivity index (χ4v) is 0.877. The van der Waals surface area contributed by atoms with Crippen molar-refractivity contribution in [2.24, 2.45) is 4.99 Å². The fourth-order valence-electron chi connectivity index (χ4n) is 0.638. The highest BCUT2D eigenvalue weighted by atomic mass is 35.5. The van der Waals surface area contributed by atoms with Crippen molar-refractivity contribution in [2.45, 2.75) is 10.9 Å². The second kappa shape index (κ2) is 3.28. The highest BCUT2D eigenvalue weighted by Crippen LogP contribution is 2.13. The zero-order valence-electron chi connectivity index (χ0n) is 5.33. The molecule has 62 valence electrons. The summed E-state index contributed by atoms with van der Waals surface area (Å²) in [4.78, 5) is 13.0. The predicted octanol–water partition coefficient (Wildman–Crippen LogP) is 0.672. The van der Waals surface area contributed by atoms with E-state index >= 15 is 0 Å². The van der Waals surface area contributed by atoms with Crippen LogP contribution in [0.2, 0.25) is 0 Å². The van der Waals surface area contributed by atoms with Gasteiger partial charge in [-0.25, -0.2) is 9.79 Å². The zero-order valence-corrected chi connectivity index (χ0v) is 6.84. The molecule has 0 amide bonds. The van der Waals surface area contributed by atoms with Crippen LogP contribution in [-0.2, 0) is 9.53 Å². The highest BCUT2D eigenvalue weighted by molar-refractivity contribution is 6.53. The van der Waals surface area contributed by atoms with Crippen LogP contribution in [0.1, 0.15) is 0 Å². The second-order valence-corrected chi connectivity index (χ2v) is 3.03. The summed E-state index contributed by atoms with van der Waals surface area (Å²) in [6.07, 6.45) is 0. The number of halogens is 2. The first-order chi connectivity index (χ1) is 5.11. The normalized spacial score (nSPS) is 23.2. The van der Waals surface area contributed by atoms with Crippen LogP contribution in [0.5, 0.6) is 0 Å². The van der Waals surface area contributed by atoms with Gasteiger partial charge in [0.15, 0.2) is 10.9 Å². The molecule has 0 aliphatic carbocycles. The van der Waals surface area contributed by atoms with Gasteiger partial charge < -0.3 is 9.84 Å². The third-order valence-corrected chi connectivity index (χ3v) is 1.52. The molecular weight excluding hydrogens is 193 g/mol. The molecule has 1 aliphatic heterocycles. The maximum absolute atomic E-state index is 10.3.